The van der Waals surface area contributed by atoms with Gasteiger partial charge in [0.05, 0.1) is 5.56 Å². The first-order valence-electron chi connectivity index (χ1n) is 6.37. The van der Waals surface area contributed by atoms with Gasteiger partial charge in [0.25, 0.3) is 5.91 Å². The van der Waals surface area contributed by atoms with E-state index in [-0.39, 0.29) is 5.91 Å². The van der Waals surface area contributed by atoms with Crippen molar-refractivity contribution in [1.29, 1.82) is 0 Å². The van der Waals surface area contributed by atoms with Gasteiger partial charge < -0.3 is 5.32 Å². The monoisotopic (exact) mass is 501 g/mol. The van der Waals surface area contributed by atoms with Gasteiger partial charge in [-0.25, -0.2) is 0 Å². The molecule has 2 nitrogen and oxygen atoms in total. The molecule has 0 aliphatic rings. The lowest BCUT2D eigenvalue weighted by molar-refractivity contribution is 0.0945. The normalized spacial score (nSPS) is 12.2. The van der Waals surface area contributed by atoms with Crippen molar-refractivity contribution in [3.05, 3.63) is 31.8 Å². The molecule has 106 valence electrons. The largest absolute Gasteiger partial charge is 0.352 e. The molecule has 1 rings (SSSR count). The summed E-state index contributed by atoms with van der Waals surface area (Å²) in [5.74, 6) is 0.569. The van der Waals surface area contributed by atoms with Crippen molar-refractivity contribution in [2.24, 2.45) is 5.92 Å². The predicted octanol–water partition coefficient (Wildman–Crippen LogP) is 4.98. The Bertz CT molecular complexity index is 420. The molecule has 1 atom stereocenters. The maximum Gasteiger partial charge on any atom is 0.252 e. The molecule has 1 unspecified atom stereocenters. The van der Waals surface area contributed by atoms with Gasteiger partial charge in [-0.05, 0) is 59.5 Å². The molecule has 0 fully saturated rings. The van der Waals surface area contributed by atoms with Crippen LogP contribution in [0.2, 0.25) is 0 Å². The Kier molecular flexibility index (Phi) is 8.57. The van der Waals surface area contributed by atoms with Gasteiger partial charge in [0.1, 0.15) is 0 Å². The van der Waals surface area contributed by atoms with Crippen LogP contribution in [0.4, 0.5) is 0 Å². The van der Waals surface area contributed by atoms with Crippen molar-refractivity contribution >= 4 is 60.4 Å². The molecule has 19 heavy (non-hydrogen) atoms. The third-order valence-electron chi connectivity index (χ3n) is 2.94. The van der Waals surface area contributed by atoms with E-state index in [0.29, 0.717) is 5.92 Å². The minimum absolute atomic E-state index is 0.0152. The zero-order valence-electron chi connectivity index (χ0n) is 10.9. The third-order valence-corrected chi connectivity index (χ3v) is 4.83. The van der Waals surface area contributed by atoms with Crippen LogP contribution >= 0.6 is 54.5 Å². The zero-order chi connectivity index (χ0) is 14.3. The van der Waals surface area contributed by atoms with Gasteiger partial charge in [-0.15, -0.1) is 0 Å². The lowest BCUT2D eigenvalue weighted by Crippen LogP contribution is -2.30. The van der Waals surface area contributed by atoms with E-state index in [9.17, 15) is 4.79 Å². The van der Waals surface area contributed by atoms with E-state index >= 15 is 0 Å². The fourth-order valence-corrected chi connectivity index (χ4v) is 3.50. The first kappa shape index (κ1) is 17.4. The molecule has 0 aliphatic carbocycles. The topological polar surface area (TPSA) is 29.1 Å². The van der Waals surface area contributed by atoms with Gasteiger partial charge in [-0.1, -0.05) is 45.2 Å². The Morgan fingerprint density at radius 2 is 2.16 bits per heavy atom. The summed E-state index contributed by atoms with van der Waals surface area (Å²) in [7, 11) is 0. The second-order valence-electron chi connectivity index (χ2n) is 4.47. The molecule has 0 saturated heterocycles. The van der Waals surface area contributed by atoms with E-state index in [1.54, 1.807) is 0 Å². The molecule has 0 bridgehead atoms. The van der Waals surface area contributed by atoms with Crippen molar-refractivity contribution in [2.45, 2.75) is 26.2 Å². The maximum absolute atomic E-state index is 12.2. The zero-order valence-corrected chi connectivity index (χ0v) is 16.2. The summed E-state index contributed by atoms with van der Waals surface area (Å²) >= 11 is 9.07. The van der Waals surface area contributed by atoms with Crippen LogP contribution in [0, 0.1) is 9.49 Å². The van der Waals surface area contributed by atoms with Crippen LogP contribution in [0.25, 0.3) is 0 Å². The number of amides is 1. The highest BCUT2D eigenvalue weighted by Crippen LogP contribution is 2.19. The highest BCUT2D eigenvalue weighted by atomic mass is 127. The van der Waals surface area contributed by atoms with Gasteiger partial charge in [-0.2, -0.15) is 0 Å². The van der Waals surface area contributed by atoms with Crippen LogP contribution in [0.1, 0.15) is 36.5 Å². The third kappa shape index (κ3) is 6.12. The molecule has 1 amide bonds. The molecule has 1 aromatic carbocycles. The Balaban J connectivity index is 2.61. The standard InChI is InChI=1S/C14H18Br2INO/c1-2-3-10(6-7-15)9-18-14(19)12-8-11(16)4-5-13(12)17/h4-5,8,10H,2-3,6-7,9H2,1H3,(H,18,19). The Labute approximate surface area is 145 Å². The number of hydrogen-bond acceptors (Lipinski definition) is 1. The first-order chi connectivity index (χ1) is 9.08. The Morgan fingerprint density at radius 1 is 1.42 bits per heavy atom. The molecule has 0 spiro atoms. The molecule has 0 saturated carbocycles. The number of rotatable bonds is 7. The summed E-state index contributed by atoms with van der Waals surface area (Å²) < 4.78 is 1.91. The summed E-state index contributed by atoms with van der Waals surface area (Å²) in [4.78, 5) is 12.2. The fraction of sp³-hybridized carbons (Fsp3) is 0.500. The number of benzene rings is 1. The molecular weight excluding hydrogens is 485 g/mol. The molecule has 0 aromatic heterocycles. The summed E-state index contributed by atoms with van der Waals surface area (Å²) in [5, 5.41) is 4.04. The maximum atomic E-state index is 12.2. The van der Waals surface area contributed by atoms with Gasteiger partial charge in [-0.3, -0.25) is 4.79 Å². The number of hydrogen-bond donors (Lipinski definition) is 1. The van der Waals surface area contributed by atoms with Crippen molar-refractivity contribution in [3.63, 3.8) is 0 Å². The highest BCUT2D eigenvalue weighted by molar-refractivity contribution is 14.1. The molecule has 0 aliphatic heterocycles. The minimum atomic E-state index is 0.0152. The first-order valence-corrected chi connectivity index (χ1v) is 9.37. The summed E-state index contributed by atoms with van der Waals surface area (Å²) in [6, 6.07) is 5.77. The van der Waals surface area contributed by atoms with E-state index in [1.165, 1.54) is 0 Å². The van der Waals surface area contributed by atoms with Gasteiger partial charge in [0.15, 0.2) is 0 Å². The Hall–Kier alpha value is 0.380. The van der Waals surface area contributed by atoms with Crippen LogP contribution in [0.5, 0.6) is 0 Å². The number of halogens is 3. The number of carbonyl (C=O) groups excluding carboxylic acids is 1. The lowest BCUT2D eigenvalue weighted by atomic mass is 10.0. The predicted molar refractivity (Wildman–Crippen MR) is 96.0 cm³/mol. The SMILES string of the molecule is CCCC(CCBr)CNC(=O)c1cc(Br)ccc1I. The van der Waals surface area contributed by atoms with E-state index < -0.39 is 0 Å². The van der Waals surface area contributed by atoms with Gasteiger partial charge in [0.2, 0.25) is 0 Å². The average Bonchev–Trinajstić information content (AvgIpc) is 2.39. The van der Waals surface area contributed by atoms with E-state index in [1.807, 2.05) is 18.2 Å². The van der Waals surface area contributed by atoms with E-state index in [2.05, 4.69) is 66.7 Å². The van der Waals surface area contributed by atoms with E-state index in [0.717, 1.165) is 44.7 Å². The molecule has 1 N–H and O–H groups in total. The number of nitrogens with one attached hydrogen (secondary N) is 1. The van der Waals surface area contributed by atoms with Crippen molar-refractivity contribution in [3.8, 4) is 0 Å². The van der Waals surface area contributed by atoms with Crippen molar-refractivity contribution < 1.29 is 4.79 Å². The molecule has 0 heterocycles. The summed E-state index contributed by atoms with van der Waals surface area (Å²) in [5.41, 5.74) is 0.740. The molecule has 5 heteroatoms. The summed E-state index contributed by atoms with van der Waals surface area (Å²) in [6.45, 7) is 2.93. The average molecular weight is 503 g/mol. The number of carbonyl (C=O) groups is 1. The fourth-order valence-electron chi connectivity index (χ4n) is 1.91. The van der Waals surface area contributed by atoms with Crippen LogP contribution in [-0.4, -0.2) is 17.8 Å². The van der Waals surface area contributed by atoms with Crippen molar-refractivity contribution in [1.82, 2.24) is 5.32 Å². The van der Waals surface area contributed by atoms with Crippen LogP contribution < -0.4 is 5.32 Å². The second-order valence-corrected chi connectivity index (χ2v) is 7.34. The van der Waals surface area contributed by atoms with Crippen LogP contribution in [0.15, 0.2) is 22.7 Å². The molecule has 1 aromatic rings. The van der Waals surface area contributed by atoms with E-state index in [4.69, 9.17) is 0 Å². The molecular formula is C14H18Br2INO. The molecule has 0 radical (unpaired) electrons. The van der Waals surface area contributed by atoms with Crippen molar-refractivity contribution in [2.75, 3.05) is 11.9 Å². The lowest BCUT2D eigenvalue weighted by Gasteiger charge is -2.16. The van der Waals surface area contributed by atoms with Crippen LogP contribution in [0.3, 0.4) is 0 Å². The van der Waals surface area contributed by atoms with Gasteiger partial charge >= 0.3 is 0 Å². The quantitative estimate of drug-likeness (QED) is 0.413. The Morgan fingerprint density at radius 3 is 2.79 bits per heavy atom. The number of alkyl halides is 1. The van der Waals surface area contributed by atoms with Crippen LogP contribution in [-0.2, 0) is 0 Å². The summed E-state index contributed by atoms with van der Waals surface area (Å²) in [6.07, 6.45) is 3.41. The smallest absolute Gasteiger partial charge is 0.252 e. The second kappa shape index (κ2) is 9.34. The minimum Gasteiger partial charge on any atom is -0.352 e. The highest BCUT2D eigenvalue weighted by Gasteiger charge is 2.13. The van der Waals surface area contributed by atoms with Gasteiger partial charge in [0, 0.05) is 19.9 Å².